The van der Waals surface area contributed by atoms with Gasteiger partial charge in [0.05, 0.1) is 0 Å². The second-order valence-corrected chi connectivity index (χ2v) is 5.64. The highest BCUT2D eigenvalue weighted by Gasteiger charge is 2.32. The minimum atomic E-state index is -0.521. The first-order valence-corrected chi connectivity index (χ1v) is 8.06. The molecule has 0 aromatic heterocycles. The van der Waals surface area contributed by atoms with Crippen molar-refractivity contribution in [2.45, 2.75) is 38.1 Å². The number of carbonyl (C=O) groups excluding carboxylic acids is 2. The molecule has 1 aliphatic heterocycles. The van der Waals surface area contributed by atoms with E-state index in [1.165, 1.54) is 0 Å². The lowest BCUT2D eigenvalue weighted by Gasteiger charge is -2.34. The van der Waals surface area contributed by atoms with Crippen LogP contribution in [-0.2, 0) is 9.59 Å². The normalized spacial score (nSPS) is 15.7. The summed E-state index contributed by atoms with van der Waals surface area (Å²) in [4.78, 5) is 26.6. The van der Waals surface area contributed by atoms with Crippen LogP contribution in [0.4, 0.5) is 0 Å². The summed E-state index contributed by atoms with van der Waals surface area (Å²) in [6.07, 6.45) is 4.14. The molecule has 0 saturated carbocycles. The fraction of sp³-hybridized carbons (Fsp3) is 0.529. The molecule has 1 aliphatic rings. The molecule has 1 heterocycles. The molecule has 1 fully saturated rings. The Hall–Kier alpha value is -1.59. The van der Waals surface area contributed by atoms with Crippen LogP contribution in [0, 0.1) is 0 Å². The predicted octanol–water partition coefficient (Wildman–Crippen LogP) is 2.02. The van der Waals surface area contributed by atoms with E-state index in [0.717, 1.165) is 31.2 Å². The van der Waals surface area contributed by atoms with Crippen molar-refractivity contribution >= 4 is 24.2 Å². The number of benzene rings is 1. The smallest absolute Gasteiger partial charge is 0.247 e. The molecule has 1 atom stereocenters. The summed E-state index contributed by atoms with van der Waals surface area (Å²) < 4.78 is 0. The zero-order valence-corrected chi connectivity index (χ0v) is 14.2. The van der Waals surface area contributed by atoms with Gasteiger partial charge in [-0.05, 0) is 37.8 Å². The molecule has 0 aliphatic carbocycles. The van der Waals surface area contributed by atoms with Crippen molar-refractivity contribution in [1.82, 2.24) is 10.2 Å². The number of nitrogens with two attached hydrogens (primary N) is 1. The fourth-order valence-electron chi connectivity index (χ4n) is 2.79. The highest BCUT2D eigenvalue weighted by Crippen LogP contribution is 2.25. The molecule has 6 heteroatoms. The molecule has 23 heavy (non-hydrogen) atoms. The largest absolute Gasteiger partial charge is 0.354 e. The molecule has 1 saturated heterocycles. The van der Waals surface area contributed by atoms with E-state index in [1.54, 1.807) is 4.90 Å². The van der Waals surface area contributed by atoms with Gasteiger partial charge >= 0.3 is 0 Å². The Morgan fingerprint density at radius 3 is 2.61 bits per heavy atom. The summed E-state index contributed by atoms with van der Waals surface area (Å²) >= 11 is 0. The summed E-state index contributed by atoms with van der Waals surface area (Å²) in [7, 11) is 0. The molecule has 0 radical (unpaired) electrons. The molecule has 0 bridgehead atoms. The van der Waals surface area contributed by atoms with E-state index in [1.807, 2.05) is 30.3 Å². The third-order valence-electron chi connectivity index (χ3n) is 3.97. The third-order valence-corrected chi connectivity index (χ3v) is 3.97. The minimum absolute atomic E-state index is 0. The maximum Gasteiger partial charge on any atom is 0.247 e. The van der Waals surface area contributed by atoms with Gasteiger partial charge in [0, 0.05) is 19.5 Å². The first kappa shape index (κ1) is 19.5. The topological polar surface area (TPSA) is 75.4 Å². The Balaban J connectivity index is 0.00000264. The van der Waals surface area contributed by atoms with Crippen LogP contribution < -0.4 is 11.1 Å². The van der Waals surface area contributed by atoms with Gasteiger partial charge in [-0.3, -0.25) is 9.59 Å². The second-order valence-electron chi connectivity index (χ2n) is 5.64. The fourth-order valence-corrected chi connectivity index (χ4v) is 2.79. The number of nitrogens with zero attached hydrogens (tertiary/aromatic N) is 1. The lowest BCUT2D eigenvalue weighted by atomic mass is 10.0. The summed E-state index contributed by atoms with van der Waals surface area (Å²) in [6, 6.07) is 9.01. The van der Waals surface area contributed by atoms with Crippen molar-refractivity contribution in [1.29, 1.82) is 0 Å². The van der Waals surface area contributed by atoms with Crippen LogP contribution in [0.2, 0.25) is 0 Å². The summed E-state index contributed by atoms with van der Waals surface area (Å²) in [5, 5.41) is 2.95. The van der Waals surface area contributed by atoms with E-state index in [2.05, 4.69) is 5.32 Å². The lowest BCUT2D eigenvalue weighted by Crippen LogP contribution is -2.45. The third kappa shape index (κ3) is 5.52. The summed E-state index contributed by atoms with van der Waals surface area (Å²) in [6.45, 7) is 1.87. The number of nitrogens with one attached hydrogen (secondary N) is 1. The van der Waals surface area contributed by atoms with Crippen molar-refractivity contribution in [2.75, 3.05) is 19.6 Å². The molecule has 0 spiro atoms. The number of unbranched alkanes of at least 4 members (excludes halogenated alkanes) is 1. The number of carbonyl (C=O) groups is 2. The molecule has 3 N–H and O–H groups in total. The molecular formula is C17H26ClN3O2. The molecule has 1 aromatic carbocycles. The first-order chi connectivity index (χ1) is 10.7. The van der Waals surface area contributed by atoms with Crippen molar-refractivity contribution < 1.29 is 9.59 Å². The monoisotopic (exact) mass is 339 g/mol. The van der Waals surface area contributed by atoms with E-state index < -0.39 is 6.04 Å². The van der Waals surface area contributed by atoms with Crippen LogP contribution in [0.5, 0.6) is 0 Å². The summed E-state index contributed by atoms with van der Waals surface area (Å²) in [5.74, 6) is -0.0318. The number of hydrogen-bond donors (Lipinski definition) is 2. The van der Waals surface area contributed by atoms with Crippen molar-refractivity contribution in [3.8, 4) is 0 Å². The number of halogens is 1. The number of amides is 2. The molecule has 2 rings (SSSR count). The van der Waals surface area contributed by atoms with Gasteiger partial charge in [0.1, 0.15) is 6.04 Å². The molecule has 1 aromatic rings. The van der Waals surface area contributed by atoms with Crippen LogP contribution >= 0.6 is 12.4 Å². The number of piperidine rings is 1. The van der Waals surface area contributed by atoms with Crippen molar-refractivity contribution in [2.24, 2.45) is 5.73 Å². The Bertz CT molecular complexity index is 496. The first-order valence-electron chi connectivity index (χ1n) is 8.06. The second kappa shape index (κ2) is 10.2. The Morgan fingerprint density at radius 2 is 1.96 bits per heavy atom. The molecule has 2 amide bonds. The number of rotatable bonds is 7. The minimum Gasteiger partial charge on any atom is -0.354 e. The Kier molecular flexibility index (Phi) is 8.66. The van der Waals surface area contributed by atoms with Crippen LogP contribution in [0.25, 0.3) is 0 Å². The maximum atomic E-state index is 12.6. The van der Waals surface area contributed by atoms with E-state index in [9.17, 15) is 9.59 Å². The number of hydrogen-bond acceptors (Lipinski definition) is 3. The van der Waals surface area contributed by atoms with Crippen LogP contribution in [0.3, 0.4) is 0 Å². The maximum absolute atomic E-state index is 12.6. The number of likely N-dealkylation sites (tertiary alicyclic amines) is 1. The van der Waals surface area contributed by atoms with Gasteiger partial charge in [0.2, 0.25) is 11.8 Å². The highest BCUT2D eigenvalue weighted by molar-refractivity contribution is 5.89. The standard InChI is InChI=1S/C17H25N3O2.ClH/c18-11-5-6-12-19-17(22)16(14-8-2-1-3-9-14)20-13-7-4-10-15(20)21;/h1-3,8-9,16H,4-7,10-13,18H2,(H,19,22);1H. The van der Waals surface area contributed by atoms with Crippen molar-refractivity contribution in [3.05, 3.63) is 35.9 Å². The molecule has 128 valence electrons. The summed E-state index contributed by atoms with van der Waals surface area (Å²) in [5.41, 5.74) is 6.34. The van der Waals surface area contributed by atoms with Gasteiger partial charge in [-0.25, -0.2) is 0 Å². The predicted molar refractivity (Wildman–Crippen MR) is 93.3 cm³/mol. The molecule has 1 unspecified atom stereocenters. The highest BCUT2D eigenvalue weighted by atomic mass is 35.5. The zero-order valence-electron chi connectivity index (χ0n) is 13.4. The van der Waals surface area contributed by atoms with Crippen molar-refractivity contribution in [3.63, 3.8) is 0 Å². The van der Waals surface area contributed by atoms with Gasteiger partial charge in [-0.2, -0.15) is 0 Å². The van der Waals surface area contributed by atoms with E-state index in [4.69, 9.17) is 5.73 Å². The van der Waals surface area contributed by atoms with Crippen LogP contribution in [0.15, 0.2) is 30.3 Å². The van der Waals surface area contributed by atoms with Gasteiger partial charge in [-0.1, -0.05) is 30.3 Å². The lowest BCUT2D eigenvalue weighted by molar-refractivity contribution is -0.142. The van der Waals surface area contributed by atoms with Gasteiger partial charge in [-0.15, -0.1) is 12.4 Å². The van der Waals surface area contributed by atoms with Gasteiger partial charge in [0.25, 0.3) is 0 Å². The Morgan fingerprint density at radius 1 is 1.22 bits per heavy atom. The average molecular weight is 340 g/mol. The van der Waals surface area contributed by atoms with E-state index >= 15 is 0 Å². The molecule has 5 nitrogen and oxygen atoms in total. The van der Waals surface area contributed by atoms with Crippen LogP contribution in [-0.4, -0.2) is 36.3 Å². The van der Waals surface area contributed by atoms with E-state index in [0.29, 0.717) is 26.1 Å². The zero-order chi connectivity index (χ0) is 15.8. The van der Waals surface area contributed by atoms with E-state index in [-0.39, 0.29) is 24.2 Å². The average Bonchev–Trinajstić information content (AvgIpc) is 2.55. The quantitative estimate of drug-likeness (QED) is 0.746. The van der Waals surface area contributed by atoms with Crippen LogP contribution in [0.1, 0.15) is 43.7 Å². The SMILES string of the molecule is Cl.NCCCCNC(=O)C(c1ccccc1)N1CCCCC1=O. The molecular weight excluding hydrogens is 314 g/mol. The van der Waals surface area contributed by atoms with Gasteiger partial charge < -0.3 is 16.0 Å². The Labute approximate surface area is 144 Å². The van der Waals surface area contributed by atoms with Gasteiger partial charge in [0.15, 0.2) is 0 Å².